The summed E-state index contributed by atoms with van der Waals surface area (Å²) in [6.07, 6.45) is 20.2. The summed E-state index contributed by atoms with van der Waals surface area (Å²) in [5.41, 5.74) is 0. The van der Waals surface area contributed by atoms with Crippen LogP contribution in [0.4, 0.5) is 0 Å². The molecule has 0 aliphatic rings. The zero-order chi connectivity index (χ0) is 14.9. The van der Waals surface area contributed by atoms with E-state index in [1.165, 1.54) is 83.5 Å². The third kappa shape index (κ3) is 34.7. The van der Waals surface area contributed by atoms with Crippen LogP contribution in [0.25, 0.3) is 0 Å². The number of hydrogen-bond donors (Lipinski definition) is 1. The summed E-state index contributed by atoms with van der Waals surface area (Å²) in [7, 11) is 0. The third-order valence-electron chi connectivity index (χ3n) is 3.99. The van der Waals surface area contributed by atoms with Crippen molar-refractivity contribution in [3.05, 3.63) is 0 Å². The molecule has 0 atom stereocenters. The van der Waals surface area contributed by atoms with Gasteiger partial charge in [0.2, 0.25) is 0 Å². The number of unbranched alkanes of at least 4 members (excludes halogenated alkanes) is 14. The average Bonchev–Trinajstić information content (AvgIpc) is 2.43. The minimum Gasteiger partial charge on any atom is 0 e. The molecule has 0 rings (SSSR count). The van der Waals surface area contributed by atoms with Gasteiger partial charge in [-0.15, -0.1) is 0 Å². The third-order valence-corrected chi connectivity index (χ3v) is 3.99. The molecular formula is C18H41NaO3SZn. The van der Waals surface area contributed by atoms with E-state index >= 15 is 0 Å². The topological polar surface area (TPSA) is 68.8 Å². The molecule has 0 aliphatic carbocycles. The first kappa shape index (κ1) is 36.3. The van der Waals surface area contributed by atoms with E-state index in [2.05, 4.69) is 6.92 Å². The summed E-state index contributed by atoms with van der Waals surface area (Å²) < 4.78 is 0. The minimum atomic E-state index is -0.653. The number of carboxylic acids is 1. The van der Waals surface area contributed by atoms with E-state index in [4.69, 9.17) is 5.11 Å². The fourth-order valence-corrected chi connectivity index (χ4v) is 2.65. The fourth-order valence-electron chi connectivity index (χ4n) is 2.65. The van der Waals surface area contributed by atoms with Gasteiger partial charge in [-0.25, -0.2) is 0 Å². The molecule has 3 nitrogen and oxygen atoms in total. The second-order valence-electron chi connectivity index (χ2n) is 6.09. The molecule has 0 heterocycles. The summed E-state index contributed by atoms with van der Waals surface area (Å²) in [6, 6.07) is 0. The standard InChI is InChI=1S/C18H36O2.Na.H2O.H2S.Zn.H/c1-2-3-4-5-6-7-8-9-10-11-12-13-14-15-16-17-18(19)20;;;;;/h2-17H2,1H3,(H,19,20);;2*1H2;;. The van der Waals surface area contributed by atoms with Gasteiger partial charge in [-0.1, -0.05) is 96.8 Å². The molecule has 0 aromatic heterocycles. The zero-order valence-electron chi connectivity index (χ0n) is 15.4. The Labute approximate surface area is 192 Å². The van der Waals surface area contributed by atoms with Crippen LogP contribution in [-0.2, 0) is 24.3 Å². The Morgan fingerprint density at radius 2 is 0.917 bits per heavy atom. The quantitative estimate of drug-likeness (QED) is 0.280. The van der Waals surface area contributed by atoms with Crippen LogP contribution in [0.5, 0.6) is 0 Å². The van der Waals surface area contributed by atoms with Crippen molar-refractivity contribution in [2.45, 2.75) is 110 Å². The van der Waals surface area contributed by atoms with E-state index in [1.54, 1.807) is 0 Å². The second-order valence-corrected chi connectivity index (χ2v) is 6.09. The maximum absolute atomic E-state index is 10.3. The van der Waals surface area contributed by atoms with Gasteiger partial charge in [-0.2, -0.15) is 13.5 Å². The molecule has 24 heavy (non-hydrogen) atoms. The molecule has 0 amide bonds. The predicted octanol–water partition coefficient (Wildman–Crippen LogP) is 4.97. The van der Waals surface area contributed by atoms with E-state index in [1.807, 2.05) is 0 Å². The smallest absolute Gasteiger partial charge is 0 e. The van der Waals surface area contributed by atoms with Crippen molar-refractivity contribution in [1.82, 2.24) is 0 Å². The first-order valence-electron chi connectivity index (χ1n) is 8.99. The Balaban J connectivity index is -0.000000301. The Bertz CT molecular complexity index is 222. The van der Waals surface area contributed by atoms with Crippen molar-refractivity contribution < 1.29 is 34.9 Å². The van der Waals surface area contributed by atoms with Crippen LogP contribution >= 0.6 is 13.5 Å². The molecule has 0 saturated carbocycles. The Morgan fingerprint density at radius 1 is 0.667 bits per heavy atom. The van der Waals surface area contributed by atoms with Crippen molar-refractivity contribution in [2.75, 3.05) is 0 Å². The molecule has 0 saturated heterocycles. The van der Waals surface area contributed by atoms with Crippen molar-refractivity contribution in [2.24, 2.45) is 0 Å². The van der Waals surface area contributed by atoms with Gasteiger partial charge in [0.15, 0.2) is 0 Å². The van der Waals surface area contributed by atoms with Gasteiger partial charge < -0.3 is 10.6 Å². The van der Waals surface area contributed by atoms with Crippen LogP contribution in [0.15, 0.2) is 0 Å². The maximum atomic E-state index is 10.3. The van der Waals surface area contributed by atoms with Crippen LogP contribution in [0.2, 0.25) is 0 Å². The number of hydrogen-bond acceptors (Lipinski definition) is 1. The van der Waals surface area contributed by atoms with E-state index in [9.17, 15) is 4.79 Å². The van der Waals surface area contributed by atoms with E-state index in [0.29, 0.717) is 6.42 Å². The van der Waals surface area contributed by atoms with Crippen molar-refractivity contribution in [3.63, 3.8) is 0 Å². The summed E-state index contributed by atoms with van der Waals surface area (Å²) in [4.78, 5) is 10.3. The first-order valence-corrected chi connectivity index (χ1v) is 8.99. The monoisotopic (exact) mass is 424 g/mol. The number of carbonyl (C=O) groups is 1. The van der Waals surface area contributed by atoms with Crippen LogP contribution in [0.3, 0.4) is 0 Å². The summed E-state index contributed by atoms with van der Waals surface area (Å²) in [5.74, 6) is -0.653. The van der Waals surface area contributed by atoms with Crippen LogP contribution in [0.1, 0.15) is 110 Å². The molecule has 3 N–H and O–H groups in total. The van der Waals surface area contributed by atoms with E-state index in [0.717, 1.165) is 12.8 Å². The van der Waals surface area contributed by atoms with Crippen molar-refractivity contribution in [3.8, 4) is 0 Å². The molecule has 6 heteroatoms. The largest absolute Gasteiger partial charge is 0 e. The summed E-state index contributed by atoms with van der Waals surface area (Å²) in [5, 5.41) is 8.52. The zero-order valence-corrected chi connectivity index (χ0v) is 19.3. The van der Waals surface area contributed by atoms with Gasteiger partial charge in [0.05, 0.1) is 0 Å². The summed E-state index contributed by atoms with van der Waals surface area (Å²) in [6.45, 7) is 2.27. The Morgan fingerprint density at radius 3 is 1.17 bits per heavy atom. The van der Waals surface area contributed by atoms with Gasteiger partial charge in [-0.05, 0) is 6.42 Å². The fraction of sp³-hybridized carbons (Fsp3) is 0.944. The molecule has 0 fully saturated rings. The van der Waals surface area contributed by atoms with Gasteiger partial charge in [-0.3, -0.25) is 4.79 Å². The molecule has 0 aliphatic heterocycles. The molecular weight excluding hydrogens is 385 g/mol. The van der Waals surface area contributed by atoms with E-state index in [-0.39, 0.29) is 68.0 Å². The number of aliphatic carboxylic acids is 1. The van der Waals surface area contributed by atoms with Gasteiger partial charge >= 0.3 is 35.5 Å². The van der Waals surface area contributed by atoms with Gasteiger partial charge in [0.1, 0.15) is 0 Å². The average molecular weight is 426 g/mol. The van der Waals surface area contributed by atoms with Crippen LogP contribution in [-0.4, -0.2) is 46.1 Å². The number of carboxylic acid groups (broad SMARTS) is 1. The van der Waals surface area contributed by atoms with Crippen molar-refractivity contribution >= 4 is 49.0 Å². The predicted molar refractivity (Wildman–Crippen MR) is 108 cm³/mol. The SMILES string of the molecule is CCCCCCCCCCCCCCCCCC(=O)O.O.S.[NaH].[Zn]. The number of rotatable bonds is 16. The van der Waals surface area contributed by atoms with Gasteiger partial charge in [0, 0.05) is 25.9 Å². The molecule has 0 spiro atoms. The Hall–Kier alpha value is 1.40. The second kappa shape index (κ2) is 32.1. The van der Waals surface area contributed by atoms with Gasteiger partial charge in [0.25, 0.3) is 0 Å². The molecule has 0 unspecified atom stereocenters. The maximum Gasteiger partial charge on any atom is 0 e. The molecule has 140 valence electrons. The normalized spacial score (nSPS) is 9.04. The van der Waals surface area contributed by atoms with Crippen LogP contribution < -0.4 is 0 Å². The molecule has 0 aromatic carbocycles. The molecule has 0 radical (unpaired) electrons. The summed E-state index contributed by atoms with van der Waals surface area (Å²) >= 11 is 0. The van der Waals surface area contributed by atoms with Crippen molar-refractivity contribution in [1.29, 1.82) is 0 Å². The molecule has 0 aromatic rings. The minimum absolute atomic E-state index is 0. The molecule has 0 bridgehead atoms. The van der Waals surface area contributed by atoms with Crippen LogP contribution in [0, 0.1) is 0 Å². The van der Waals surface area contributed by atoms with E-state index < -0.39 is 5.97 Å². The Kier molecular flexibility index (Phi) is 48.6. The first-order chi connectivity index (χ1) is 9.77.